The first-order valence-corrected chi connectivity index (χ1v) is 6.35. The van der Waals surface area contributed by atoms with Crippen LogP contribution in [0.3, 0.4) is 0 Å². The zero-order chi connectivity index (χ0) is 12.7. The van der Waals surface area contributed by atoms with Gasteiger partial charge in [-0.3, -0.25) is 4.79 Å². The van der Waals surface area contributed by atoms with Crippen molar-refractivity contribution in [1.82, 2.24) is 14.7 Å². The van der Waals surface area contributed by atoms with Gasteiger partial charge in [0.05, 0.1) is 17.3 Å². The molecule has 1 fully saturated rings. The molecule has 2 aromatic rings. The van der Waals surface area contributed by atoms with Crippen LogP contribution in [0.15, 0.2) is 18.3 Å². The Morgan fingerprint density at radius 3 is 3.06 bits per heavy atom. The molecule has 1 aliphatic rings. The van der Waals surface area contributed by atoms with Crippen LogP contribution in [0.1, 0.15) is 29.3 Å². The first kappa shape index (κ1) is 11.4. The normalized spacial score (nSPS) is 20.6. The Labute approximate surface area is 106 Å². The van der Waals surface area contributed by atoms with E-state index in [4.69, 9.17) is 0 Å². The fourth-order valence-corrected chi connectivity index (χ4v) is 2.70. The van der Waals surface area contributed by atoms with Gasteiger partial charge in [-0.25, -0.2) is 4.98 Å². The van der Waals surface area contributed by atoms with Crippen LogP contribution >= 0.6 is 0 Å². The number of aromatic nitrogens is 2. The highest BCUT2D eigenvalue weighted by Gasteiger charge is 2.28. The molecule has 4 nitrogen and oxygen atoms in total. The summed E-state index contributed by atoms with van der Waals surface area (Å²) in [6, 6.07) is 4.11. The van der Waals surface area contributed by atoms with Crippen molar-refractivity contribution in [2.45, 2.75) is 26.2 Å². The maximum absolute atomic E-state index is 12.1. The van der Waals surface area contributed by atoms with Crippen LogP contribution in [-0.2, 0) is 4.79 Å². The summed E-state index contributed by atoms with van der Waals surface area (Å²) < 4.78 is 2.05. The first-order chi connectivity index (χ1) is 8.66. The van der Waals surface area contributed by atoms with E-state index in [0.29, 0.717) is 12.2 Å². The van der Waals surface area contributed by atoms with Gasteiger partial charge in [0, 0.05) is 25.7 Å². The standard InChI is InChI=1S/C14H17N3O/c1-9-4-6-17-13(7-9)16-10(2)14(17)11-8-15-5-3-12(11)18/h4,6-7,11,15H,3,5,8H2,1-2H3. The molecule has 3 rings (SSSR count). The summed E-state index contributed by atoms with van der Waals surface area (Å²) in [5, 5.41) is 3.29. The van der Waals surface area contributed by atoms with Crippen LogP contribution < -0.4 is 5.32 Å². The fraction of sp³-hybridized carbons (Fsp3) is 0.429. The molecule has 94 valence electrons. The summed E-state index contributed by atoms with van der Waals surface area (Å²) in [5.41, 5.74) is 4.12. The van der Waals surface area contributed by atoms with Crippen LogP contribution in [0.2, 0.25) is 0 Å². The largest absolute Gasteiger partial charge is 0.315 e. The van der Waals surface area contributed by atoms with Crippen molar-refractivity contribution in [2.24, 2.45) is 0 Å². The van der Waals surface area contributed by atoms with E-state index < -0.39 is 0 Å². The van der Waals surface area contributed by atoms with Crippen LogP contribution in [0, 0.1) is 13.8 Å². The van der Waals surface area contributed by atoms with E-state index in [1.807, 2.05) is 13.1 Å². The Balaban J connectivity index is 2.15. The highest BCUT2D eigenvalue weighted by atomic mass is 16.1. The lowest BCUT2D eigenvalue weighted by atomic mass is 9.93. The lowest BCUT2D eigenvalue weighted by Crippen LogP contribution is -2.36. The number of fused-ring (bicyclic) bond motifs is 1. The van der Waals surface area contributed by atoms with Crippen LogP contribution in [0.4, 0.5) is 0 Å². The molecule has 0 aliphatic carbocycles. The summed E-state index contributed by atoms with van der Waals surface area (Å²) in [4.78, 5) is 16.6. The van der Waals surface area contributed by atoms with Gasteiger partial charge in [-0.2, -0.15) is 0 Å². The number of nitrogens with zero attached hydrogens (tertiary/aromatic N) is 2. The van der Waals surface area contributed by atoms with E-state index >= 15 is 0 Å². The lowest BCUT2D eigenvalue weighted by Gasteiger charge is -2.22. The Bertz CT molecular complexity index is 615. The molecule has 0 spiro atoms. The predicted octanol–water partition coefficient (Wildman–Crippen LogP) is 1.60. The molecule has 2 aromatic heterocycles. The minimum Gasteiger partial charge on any atom is -0.315 e. The third kappa shape index (κ3) is 1.73. The van der Waals surface area contributed by atoms with Crippen LogP contribution in [-0.4, -0.2) is 28.3 Å². The quantitative estimate of drug-likeness (QED) is 0.827. The molecule has 0 saturated carbocycles. The number of imidazole rings is 1. The van der Waals surface area contributed by atoms with Gasteiger partial charge in [-0.1, -0.05) is 0 Å². The van der Waals surface area contributed by atoms with Crippen LogP contribution in [0.25, 0.3) is 5.65 Å². The summed E-state index contributed by atoms with van der Waals surface area (Å²) in [6.07, 6.45) is 2.63. The Kier molecular flexibility index (Phi) is 2.67. The third-order valence-corrected chi connectivity index (χ3v) is 3.62. The molecule has 18 heavy (non-hydrogen) atoms. The second-order valence-electron chi connectivity index (χ2n) is 4.99. The molecule has 0 bridgehead atoms. The molecule has 3 heterocycles. The number of rotatable bonds is 1. The molecule has 0 radical (unpaired) electrons. The average molecular weight is 243 g/mol. The second kappa shape index (κ2) is 4.21. The van der Waals surface area contributed by atoms with E-state index in [1.165, 1.54) is 5.56 Å². The zero-order valence-electron chi connectivity index (χ0n) is 10.7. The Morgan fingerprint density at radius 2 is 2.28 bits per heavy atom. The van der Waals surface area contributed by atoms with Gasteiger partial charge in [0.1, 0.15) is 11.4 Å². The molecule has 4 heteroatoms. The van der Waals surface area contributed by atoms with Crippen molar-refractivity contribution in [3.8, 4) is 0 Å². The molecule has 0 aromatic carbocycles. The van der Waals surface area contributed by atoms with Gasteiger partial charge < -0.3 is 9.72 Å². The van der Waals surface area contributed by atoms with Crippen molar-refractivity contribution in [1.29, 1.82) is 0 Å². The summed E-state index contributed by atoms with van der Waals surface area (Å²) >= 11 is 0. The number of carbonyl (C=O) groups excluding carboxylic acids is 1. The molecule has 1 N–H and O–H groups in total. The number of piperidine rings is 1. The summed E-state index contributed by atoms with van der Waals surface area (Å²) in [5.74, 6) is 0.260. The smallest absolute Gasteiger partial charge is 0.144 e. The first-order valence-electron chi connectivity index (χ1n) is 6.35. The number of carbonyl (C=O) groups is 1. The zero-order valence-corrected chi connectivity index (χ0v) is 10.7. The third-order valence-electron chi connectivity index (χ3n) is 3.62. The average Bonchev–Trinajstić information content (AvgIpc) is 2.65. The highest BCUT2D eigenvalue weighted by Crippen LogP contribution is 2.25. The fourth-order valence-electron chi connectivity index (χ4n) is 2.70. The maximum Gasteiger partial charge on any atom is 0.144 e. The summed E-state index contributed by atoms with van der Waals surface area (Å²) in [6.45, 7) is 5.56. The number of hydrogen-bond acceptors (Lipinski definition) is 3. The minimum atomic E-state index is -0.0588. The van der Waals surface area contributed by atoms with Crippen LogP contribution in [0.5, 0.6) is 0 Å². The van der Waals surface area contributed by atoms with Crippen molar-refractivity contribution >= 4 is 11.4 Å². The Hall–Kier alpha value is -1.68. The highest BCUT2D eigenvalue weighted by molar-refractivity contribution is 5.87. The van der Waals surface area contributed by atoms with E-state index in [1.54, 1.807) is 0 Å². The van der Waals surface area contributed by atoms with E-state index in [0.717, 1.165) is 30.1 Å². The topological polar surface area (TPSA) is 46.4 Å². The monoisotopic (exact) mass is 243 g/mol. The molecule has 1 saturated heterocycles. The number of pyridine rings is 1. The minimum absolute atomic E-state index is 0.0588. The maximum atomic E-state index is 12.1. The van der Waals surface area contributed by atoms with Gasteiger partial charge >= 0.3 is 0 Å². The second-order valence-corrected chi connectivity index (χ2v) is 4.99. The van der Waals surface area contributed by atoms with E-state index in [2.05, 4.69) is 33.8 Å². The molecular weight excluding hydrogens is 226 g/mol. The molecule has 0 amide bonds. The molecule has 1 unspecified atom stereocenters. The number of nitrogens with one attached hydrogen (secondary N) is 1. The predicted molar refractivity (Wildman–Crippen MR) is 69.9 cm³/mol. The number of Topliss-reactive ketones (excluding diaryl/α,β-unsaturated/α-hetero) is 1. The number of hydrogen-bond donors (Lipinski definition) is 1. The van der Waals surface area contributed by atoms with E-state index in [-0.39, 0.29) is 5.92 Å². The van der Waals surface area contributed by atoms with E-state index in [9.17, 15) is 4.79 Å². The van der Waals surface area contributed by atoms with Gasteiger partial charge in [0.2, 0.25) is 0 Å². The number of ketones is 1. The van der Waals surface area contributed by atoms with Crippen molar-refractivity contribution in [3.63, 3.8) is 0 Å². The van der Waals surface area contributed by atoms with Gasteiger partial charge in [0.15, 0.2) is 0 Å². The molecular formula is C14H17N3O. The SMILES string of the molecule is Cc1ccn2c(C3CNCCC3=O)c(C)nc2c1. The van der Waals surface area contributed by atoms with Crippen molar-refractivity contribution in [3.05, 3.63) is 35.3 Å². The number of aryl methyl sites for hydroxylation is 2. The van der Waals surface area contributed by atoms with Gasteiger partial charge in [-0.05, 0) is 31.5 Å². The summed E-state index contributed by atoms with van der Waals surface area (Å²) in [7, 11) is 0. The van der Waals surface area contributed by atoms with Crippen molar-refractivity contribution < 1.29 is 4.79 Å². The van der Waals surface area contributed by atoms with Gasteiger partial charge in [0.25, 0.3) is 0 Å². The van der Waals surface area contributed by atoms with Gasteiger partial charge in [-0.15, -0.1) is 0 Å². The molecule has 1 atom stereocenters. The lowest BCUT2D eigenvalue weighted by molar-refractivity contribution is -0.121. The Morgan fingerprint density at radius 1 is 1.44 bits per heavy atom. The molecule has 1 aliphatic heterocycles. The van der Waals surface area contributed by atoms with Crippen molar-refractivity contribution in [2.75, 3.05) is 13.1 Å².